The fourth-order valence-electron chi connectivity index (χ4n) is 3.92. The van der Waals surface area contributed by atoms with E-state index in [1.807, 2.05) is 36.5 Å². The second kappa shape index (κ2) is 9.63. The Bertz CT molecular complexity index is 938. The van der Waals surface area contributed by atoms with Crippen LogP contribution in [0.25, 0.3) is 11.1 Å². The molecule has 0 unspecified atom stereocenters. The quantitative estimate of drug-likeness (QED) is 0.565. The lowest BCUT2D eigenvalue weighted by Gasteiger charge is -2.28. The molecule has 5 nitrogen and oxygen atoms in total. The molecule has 1 atom stereocenters. The predicted molar refractivity (Wildman–Crippen MR) is 122 cm³/mol. The molecule has 156 valence electrons. The van der Waals surface area contributed by atoms with Crippen molar-refractivity contribution in [3.05, 3.63) is 67.0 Å². The van der Waals surface area contributed by atoms with Crippen LogP contribution in [0.3, 0.4) is 0 Å². The predicted octanol–water partition coefficient (Wildman–Crippen LogP) is 5.13. The normalized spacial score (nSPS) is 15.7. The first-order valence-corrected chi connectivity index (χ1v) is 10.6. The van der Waals surface area contributed by atoms with Crippen LogP contribution in [0, 0.1) is 0 Å². The van der Waals surface area contributed by atoms with E-state index in [4.69, 9.17) is 9.47 Å². The Morgan fingerprint density at radius 3 is 2.57 bits per heavy atom. The van der Waals surface area contributed by atoms with E-state index in [0.29, 0.717) is 6.04 Å². The lowest BCUT2D eigenvalue weighted by molar-refractivity contribution is 0.413. The SMILES string of the molecule is CCN(C[C@@H]1CCCN1)c1ccc(-c2cccnc2)cc1Oc1ccc(OC)cc1. The molecule has 0 spiro atoms. The third-order valence-electron chi connectivity index (χ3n) is 5.57. The third kappa shape index (κ3) is 4.74. The number of methoxy groups -OCH3 is 1. The van der Waals surface area contributed by atoms with Gasteiger partial charge in [-0.25, -0.2) is 0 Å². The van der Waals surface area contributed by atoms with Crippen molar-refractivity contribution >= 4 is 5.69 Å². The van der Waals surface area contributed by atoms with Crippen LogP contribution in [0.15, 0.2) is 67.0 Å². The van der Waals surface area contributed by atoms with Gasteiger partial charge in [-0.3, -0.25) is 4.98 Å². The largest absolute Gasteiger partial charge is 0.497 e. The highest BCUT2D eigenvalue weighted by Crippen LogP contribution is 2.37. The maximum Gasteiger partial charge on any atom is 0.151 e. The molecule has 1 saturated heterocycles. The van der Waals surface area contributed by atoms with Gasteiger partial charge in [-0.1, -0.05) is 12.1 Å². The molecule has 1 fully saturated rings. The van der Waals surface area contributed by atoms with Gasteiger partial charge in [-0.05, 0) is 74.3 Å². The summed E-state index contributed by atoms with van der Waals surface area (Å²) >= 11 is 0. The van der Waals surface area contributed by atoms with Gasteiger partial charge in [0.05, 0.1) is 12.8 Å². The van der Waals surface area contributed by atoms with E-state index in [1.165, 1.54) is 12.8 Å². The molecule has 0 saturated carbocycles. The van der Waals surface area contributed by atoms with E-state index in [0.717, 1.165) is 53.7 Å². The highest BCUT2D eigenvalue weighted by atomic mass is 16.5. The highest BCUT2D eigenvalue weighted by Gasteiger charge is 2.20. The highest BCUT2D eigenvalue weighted by molar-refractivity contribution is 5.71. The summed E-state index contributed by atoms with van der Waals surface area (Å²) in [7, 11) is 1.67. The maximum absolute atomic E-state index is 6.38. The number of rotatable bonds is 8. The second-order valence-corrected chi connectivity index (χ2v) is 7.53. The minimum atomic E-state index is 0.525. The second-order valence-electron chi connectivity index (χ2n) is 7.53. The Morgan fingerprint density at radius 2 is 1.90 bits per heavy atom. The lowest BCUT2D eigenvalue weighted by atomic mass is 10.1. The summed E-state index contributed by atoms with van der Waals surface area (Å²) in [6.45, 7) is 5.20. The molecule has 1 aliphatic heterocycles. The van der Waals surface area contributed by atoms with Crippen LogP contribution in [-0.4, -0.2) is 37.8 Å². The topological polar surface area (TPSA) is 46.6 Å². The van der Waals surface area contributed by atoms with Crippen molar-refractivity contribution in [1.29, 1.82) is 0 Å². The van der Waals surface area contributed by atoms with Crippen LogP contribution in [-0.2, 0) is 0 Å². The van der Waals surface area contributed by atoms with E-state index in [2.05, 4.69) is 46.4 Å². The fraction of sp³-hybridized carbons (Fsp3) is 0.320. The first-order chi connectivity index (χ1) is 14.8. The molecule has 30 heavy (non-hydrogen) atoms. The Kier molecular flexibility index (Phi) is 6.50. The fourth-order valence-corrected chi connectivity index (χ4v) is 3.92. The first kappa shape index (κ1) is 20.2. The minimum Gasteiger partial charge on any atom is -0.497 e. The van der Waals surface area contributed by atoms with E-state index < -0.39 is 0 Å². The molecular weight excluding hydrogens is 374 g/mol. The van der Waals surface area contributed by atoms with Gasteiger partial charge in [-0.2, -0.15) is 0 Å². The van der Waals surface area contributed by atoms with Crippen molar-refractivity contribution in [2.75, 3.05) is 31.6 Å². The minimum absolute atomic E-state index is 0.525. The molecule has 2 aromatic carbocycles. The van der Waals surface area contributed by atoms with Gasteiger partial charge >= 0.3 is 0 Å². The molecular formula is C25H29N3O2. The molecule has 1 aliphatic rings. The standard InChI is InChI=1S/C25H29N3O2/c1-3-28(18-21-7-5-15-27-21)24-13-8-19(20-6-4-14-26-17-20)16-25(24)30-23-11-9-22(29-2)10-12-23/h4,6,8-14,16-17,21,27H,3,5,7,15,18H2,1-2H3/t21-/m0/s1. The Balaban J connectivity index is 1.67. The van der Waals surface area contributed by atoms with Gasteiger partial charge in [0.2, 0.25) is 0 Å². The summed E-state index contributed by atoms with van der Waals surface area (Å²) in [5, 5.41) is 3.61. The maximum atomic E-state index is 6.38. The van der Waals surface area contributed by atoms with E-state index in [1.54, 1.807) is 13.3 Å². The number of aromatic nitrogens is 1. The van der Waals surface area contributed by atoms with Gasteiger partial charge in [0, 0.05) is 37.1 Å². The molecule has 0 bridgehead atoms. The van der Waals surface area contributed by atoms with Crippen LogP contribution >= 0.6 is 0 Å². The summed E-state index contributed by atoms with van der Waals surface area (Å²) in [5.41, 5.74) is 3.27. The van der Waals surface area contributed by atoms with Crippen molar-refractivity contribution in [1.82, 2.24) is 10.3 Å². The molecule has 0 radical (unpaired) electrons. The van der Waals surface area contributed by atoms with Crippen LogP contribution < -0.4 is 19.7 Å². The zero-order chi connectivity index (χ0) is 20.8. The van der Waals surface area contributed by atoms with E-state index >= 15 is 0 Å². The number of ether oxygens (including phenoxy) is 2. The van der Waals surface area contributed by atoms with Crippen molar-refractivity contribution in [2.24, 2.45) is 0 Å². The number of anilines is 1. The molecule has 1 aromatic heterocycles. The van der Waals surface area contributed by atoms with Gasteiger partial charge < -0.3 is 19.7 Å². The van der Waals surface area contributed by atoms with Crippen LogP contribution in [0.2, 0.25) is 0 Å². The number of nitrogens with one attached hydrogen (secondary N) is 1. The molecule has 1 N–H and O–H groups in total. The number of hydrogen-bond acceptors (Lipinski definition) is 5. The van der Waals surface area contributed by atoms with Crippen LogP contribution in [0.1, 0.15) is 19.8 Å². The van der Waals surface area contributed by atoms with Gasteiger partial charge in [0.15, 0.2) is 5.75 Å². The number of nitrogens with zero attached hydrogens (tertiary/aromatic N) is 2. The summed E-state index contributed by atoms with van der Waals surface area (Å²) in [6.07, 6.45) is 6.14. The van der Waals surface area contributed by atoms with E-state index in [9.17, 15) is 0 Å². The Morgan fingerprint density at radius 1 is 1.07 bits per heavy atom. The summed E-state index contributed by atoms with van der Waals surface area (Å²) in [6, 6.07) is 18.7. The molecule has 3 aromatic rings. The van der Waals surface area contributed by atoms with Crippen molar-refractivity contribution in [2.45, 2.75) is 25.8 Å². The zero-order valence-electron chi connectivity index (χ0n) is 17.7. The number of pyridine rings is 1. The molecule has 2 heterocycles. The Hall–Kier alpha value is -3.05. The van der Waals surface area contributed by atoms with Gasteiger partial charge in [0.1, 0.15) is 11.5 Å². The van der Waals surface area contributed by atoms with Crippen LogP contribution in [0.4, 0.5) is 5.69 Å². The lowest BCUT2D eigenvalue weighted by Crippen LogP contribution is -2.37. The smallest absolute Gasteiger partial charge is 0.151 e. The molecule has 0 aliphatic carbocycles. The van der Waals surface area contributed by atoms with E-state index in [-0.39, 0.29) is 0 Å². The number of benzene rings is 2. The van der Waals surface area contributed by atoms with Gasteiger partial charge in [0.25, 0.3) is 0 Å². The van der Waals surface area contributed by atoms with Crippen molar-refractivity contribution < 1.29 is 9.47 Å². The Labute approximate surface area is 178 Å². The van der Waals surface area contributed by atoms with Gasteiger partial charge in [-0.15, -0.1) is 0 Å². The zero-order valence-corrected chi connectivity index (χ0v) is 17.7. The van der Waals surface area contributed by atoms with Crippen molar-refractivity contribution in [3.63, 3.8) is 0 Å². The van der Waals surface area contributed by atoms with Crippen molar-refractivity contribution in [3.8, 4) is 28.4 Å². The first-order valence-electron chi connectivity index (χ1n) is 10.6. The average molecular weight is 404 g/mol. The third-order valence-corrected chi connectivity index (χ3v) is 5.57. The molecule has 4 rings (SSSR count). The summed E-state index contributed by atoms with van der Waals surface area (Å²) in [4.78, 5) is 6.66. The van der Waals surface area contributed by atoms with Crippen LogP contribution in [0.5, 0.6) is 17.2 Å². The average Bonchev–Trinajstić information content (AvgIpc) is 3.32. The number of likely N-dealkylation sites (N-methyl/N-ethyl adjacent to an activating group) is 1. The monoisotopic (exact) mass is 403 g/mol. The molecule has 5 heteroatoms. The summed E-state index contributed by atoms with van der Waals surface area (Å²) < 4.78 is 11.7. The molecule has 0 amide bonds. The summed E-state index contributed by atoms with van der Waals surface area (Å²) in [5.74, 6) is 2.45. The number of hydrogen-bond donors (Lipinski definition) is 1.